The molecule has 0 aliphatic carbocycles. The van der Waals surface area contributed by atoms with Crippen LogP contribution in [0.5, 0.6) is 0 Å². The van der Waals surface area contributed by atoms with Crippen LogP contribution in [0.2, 0.25) is 0 Å². The van der Waals surface area contributed by atoms with E-state index in [0.717, 1.165) is 24.5 Å². The van der Waals surface area contributed by atoms with Gasteiger partial charge in [0.15, 0.2) is 0 Å². The summed E-state index contributed by atoms with van der Waals surface area (Å²) >= 11 is 1.70. The van der Waals surface area contributed by atoms with Gasteiger partial charge in [-0.2, -0.15) is 0 Å². The van der Waals surface area contributed by atoms with Crippen molar-refractivity contribution in [3.8, 4) is 0 Å². The maximum Gasteiger partial charge on any atom is 0.112 e. The molecule has 2 heterocycles. The van der Waals surface area contributed by atoms with Crippen molar-refractivity contribution in [3.05, 3.63) is 40.6 Å². The normalized spacial score (nSPS) is 11.9. The van der Waals surface area contributed by atoms with E-state index in [2.05, 4.69) is 54.0 Å². The zero-order valence-corrected chi connectivity index (χ0v) is 12.1. The molecule has 0 aliphatic rings. The Kier molecular flexibility index (Phi) is 4.19. The molecule has 4 heteroatoms. The maximum absolute atomic E-state index is 4.40. The Labute approximate surface area is 113 Å². The van der Waals surface area contributed by atoms with E-state index < -0.39 is 0 Å². The fraction of sp³-hybridized carbons (Fsp3) is 0.500. The summed E-state index contributed by atoms with van der Waals surface area (Å²) in [6.07, 6.45) is 5.18. The minimum absolute atomic E-state index is 0.0739. The molecule has 0 saturated carbocycles. The van der Waals surface area contributed by atoms with Crippen molar-refractivity contribution >= 4 is 11.3 Å². The molecule has 1 N–H and O–H groups in total. The van der Waals surface area contributed by atoms with Gasteiger partial charge in [0.2, 0.25) is 0 Å². The number of nitrogens with one attached hydrogen (secondary N) is 1. The lowest BCUT2D eigenvalue weighted by molar-refractivity contribution is 0.391. The SMILES string of the molecule is CCCn1cccc1CNC(C)(C)c1nccs1. The first-order valence-corrected chi connectivity index (χ1v) is 7.30. The Morgan fingerprint density at radius 1 is 1.44 bits per heavy atom. The molecule has 2 rings (SSSR count). The van der Waals surface area contributed by atoms with Crippen LogP contribution >= 0.6 is 11.3 Å². The van der Waals surface area contributed by atoms with E-state index in [4.69, 9.17) is 0 Å². The summed E-state index contributed by atoms with van der Waals surface area (Å²) in [4.78, 5) is 4.40. The Hall–Kier alpha value is -1.13. The summed E-state index contributed by atoms with van der Waals surface area (Å²) in [6.45, 7) is 8.52. The number of hydrogen-bond donors (Lipinski definition) is 1. The molecule has 0 aliphatic heterocycles. The summed E-state index contributed by atoms with van der Waals surface area (Å²) in [5, 5.41) is 6.75. The fourth-order valence-electron chi connectivity index (χ4n) is 1.99. The lowest BCUT2D eigenvalue weighted by Gasteiger charge is -2.24. The van der Waals surface area contributed by atoms with E-state index in [9.17, 15) is 0 Å². The highest BCUT2D eigenvalue weighted by Gasteiger charge is 2.22. The van der Waals surface area contributed by atoms with Crippen LogP contribution in [-0.4, -0.2) is 9.55 Å². The number of aromatic nitrogens is 2. The van der Waals surface area contributed by atoms with E-state index in [1.54, 1.807) is 11.3 Å². The molecule has 0 saturated heterocycles. The van der Waals surface area contributed by atoms with Gasteiger partial charge in [-0.25, -0.2) is 4.98 Å². The standard InChI is InChI=1S/C14H21N3S/c1-4-8-17-9-5-6-12(17)11-16-14(2,3)13-15-7-10-18-13/h5-7,9-10,16H,4,8,11H2,1-3H3. The summed E-state index contributed by atoms with van der Waals surface area (Å²) in [7, 11) is 0. The molecule has 0 fully saturated rings. The van der Waals surface area contributed by atoms with E-state index in [1.807, 2.05) is 11.6 Å². The third-order valence-electron chi connectivity index (χ3n) is 3.07. The van der Waals surface area contributed by atoms with Crippen molar-refractivity contribution in [2.45, 2.75) is 45.8 Å². The zero-order chi connectivity index (χ0) is 13.0. The molecular formula is C14H21N3S. The smallest absolute Gasteiger partial charge is 0.112 e. The number of rotatable bonds is 6. The van der Waals surface area contributed by atoms with Crippen LogP contribution in [0, 0.1) is 0 Å². The highest BCUT2D eigenvalue weighted by molar-refractivity contribution is 7.09. The fourth-order valence-corrected chi connectivity index (χ4v) is 2.73. The van der Waals surface area contributed by atoms with E-state index in [0.29, 0.717) is 0 Å². The number of nitrogens with zero attached hydrogens (tertiary/aromatic N) is 2. The summed E-state index contributed by atoms with van der Waals surface area (Å²) < 4.78 is 2.31. The molecule has 0 unspecified atom stereocenters. The topological polar surface area (TPSA) is 29.9 Å². The van der Waals surface area contributed by atoms with Crippen molar-refractivity contribution in [2.75, 3.05) is 0 Å². The van der Waals surface area contributed by atoms with Crippen molar-refractivity contribution in [1.29, 1.82) is 0 Å². The van der Waals surface area contributed by atoms with Gasteiger partial charge in [-0.15, -0.1) is 11.3 Å². The van der Waals surface area contributed by atoms with E-state index >= 15 is 0 Å². The second-order valence-electron chi connectivity index (χ2n) is 5.01. The first kappa shape index (κ1) is 13.3. The van der Waals surface area contributed by atoms with Crippen LogP contribution in [0.1, 0.15) is 37.9 Å². The third-order valence-corrected chi connectivity index (χ3v) is 4.16. The second kappa shape index (κ2) is 5.67. The van der Waals surface area contributed by atoms with Gasteiger partial charge in [0.05, 0.1) is 5.54 Å². The van der Waals surface area contributed by atoms with Crippen molar-refractivity contribution < 1.29 is 0 Å². The Morgan fingerprint density at radius 3 is 2.94 bits per heavy atom. The highest BCUT2D eigenvalue weighted by Crippen LogP contribution is 2.22. The van der Waals surface area contributed by atoms with Crippen LogP contribution < -0.4 is 5.32 Å². The largest absolute Gasteiger partial charge is 0.350 e. The van der Waals surface area contributed by atoms with E-state index in [-0.39, 0.29) is 5.54 Å². The Balaban J connectivity index is 2.00. The molecule has 2 aromatic heterocycles. The molecule has 3 nitrogen and oxygen atoms in total. The first-order valence-electron chi connectivity index (χ1n) is 6.42. The quantitative estimate of drug-likeness (QED) is 0.866. The van der Waals surface area contributed by atoms with Gasteiger partial charge < -0.3 is 9.88 Å². The number of thiazole rings is 1. The molecule has 0 amide bonds. The monoisotopic (exact) mass is 263 g/mol. The molecule has 18 heavy (non-hydrogen) atoms. The predicted octanol–water partition coefficient (Wildman–Crippen LogP) is 3.38. The van der Waals surface area contributed by atoms with Crippen LogP contribution in [0.4, 0.5) is 0 Å². The first-order chi connectivity index (χ1) is 8.63. The van der Waals surface area contributed by atoms with Gasteiger partial charge in [-0.05, 0) is 32.4 Å². The summed E-state index contributed by atoms with van der Waals surface area (Å²) in [6, 6.07) is 4.30. The van der Waals surface area contributed by atoms with Gasteiger partial charge in [-0.3, -0.25) is 0 Å². The molecule has 0 radical (unpaired) electrons. The third kappa shape index (κ3) is 3.00. The van der Waals surface area contributed by atoms with Crippen LogP contribution in [0.15, 0.2) is 29.9 Å². The average Bonchev–Trinajstić information content (AvgIpc) is 2.98. The Bertz CT molecular complexity index is 471. The van der Waals surface area contributed by atoms with Crippen LogP contribution in [0.3, 0.4) is 0 Å². The van der Waals surface area contributed by atoms with Gasteiger partial charge >= 0.3 is 0 Å². The van der Waals surface area contributed by atoms with Gasteiger partial charge in [-0.1, -0.05) is 6.92 Å². The second-order valence-corrected chi connectivity index (χ2v) is 5.90. The van der Waals surface area contributed by atoms with Gasteiger partial charge in [0.25, 0.3) is 0 Å². The van der Waals surface area contributed by atoms with Gasteiger partial charge in [0, 0.05) is 36.6 Å². The molecule has 98 valence electrons. The summed E-state index contributed by atoms with van der Waals surface area (Å²) in [5.74, 6) is 0. The lowest BCUT2D eigenvalue weighted by atomic mass is 10.1. The Morgan fingerprint density at radius 2 is 2.28 bits per heavy atom. The van der Waals surface area contributed by atoms with Gasteiger partial charge in [0.1, 0.15) is 5.01 Å². The molecule has 0 atom stereocenters. The minimum atomic E-state index is -0.0739. The van der Waals surface area contributed by atoms with Crippen LogP contribution in [-0.2, 0) is 18.6 Å². The van der Waals surface area contributed by atoms with Crippen molar-refractivity contribution in [2.24, 2.45) is 0 Å². The maximum atomic E-state index is 4.40. The van der Waals surface area contributed by atoms with Crippen LogP contribution in [0.25, 0.3) is 0 Å². The molecule has 0 bridgehead atoms. The molecule has 0 spiro atoms. The lowest BCUT2D eigenvalue weighted by Crippen LogP contribution is -2.36. The number of hydrogen-bond acceptors (Lipinski definition) is 3. The highest BCUT2D eigenvalue weighted by atomic mass is 32.1. The molecule has 0 aromatic carbocycles. The van der Waals surface area contributed by atoms with Crippen molar-refractivity contribution in [3.63, 3.8) is 0 Å². The molecular weight excluding hydrogens is 242 g/mol. The zero-order valence-electron chi connectivity index (χ0n) is 11.3. The summed E-state index contributed by atoms with van der Waals surface area (Å²) in [5.41, 5.74) is 1.26. The van der Waals surface area contributed by atoms with Crippen molar-refractivity contribution in [1.82, 2.24) is 14.9 Å². The average molecular weight is 263 g/mol. The van der Waals surface area contributed by atoms with E-state index in [1.165, 1.54) is 5.69 Å². The minimum Gasteiger partial charge on any atom is -0.350 e. The molecule has 2 aromatic rings. The predicted molar refractivity (Wildman–Crippen MR) is 76.7 cm³/mol. The number of aryl methyl sites for hydroxylation is 1.